The van der Waals surface area contributed by atoms with Gasteiger partial charge in [-0.3, -0.25) is 0 Å². The van der Waals surface area contributed by atoms with Crippen molar-refractivity contribution in [3.05, 3.63) is 88.9 Å². The summed E-state index contributed by atoms with van der Waals surface area (Å²) in [6, 6.07) is 19.2. The summed E-state index contributed by atoms with van der Waals surface area (Å²) in [6.45, 7) is 0.272. The number of sulfone groups is 1. The molecule has 3 aromatic carbocycles. The van der Waals surface area contributed by atoms with Crippen LogP contribution in [0.25, 0.3) is 0 Å². The minimum atomic E-state index is -3.75. The Balaban J connectivity index is 0.00000408. The minimum Gasteiger partial charge on any atom is -0.546 e. The second kappa shape index (κ2) is 13.3. The van der Waals surface area contributed by atoms with Gasteiger partial charge in [0.15, 0.2) is 0 Å². The van der Waals surface area contributed by atoms with Crippen molar-refractivity contribution in [3.8, 4) is 5.75 Å². The van der Waals surface area contributed by atoms with E-state index in [2.05, 4.69) is 5.32 Å². The van der Waals surface area contributed by atoms with Gasteiger partial charge in [0.05, 0.1) is 21.9 Å². The normalized spacial score (nSPS) is 11.9. The quantitative estimate of drug-likeness (QED) is 0.255. The molecule has 0 amide bonds. The maximum Gasteiger partial charge on any atom is 1.00 e. The fraction of sp³-hybridized carbons (Fsp3) is 0.208. The van der Waals surface area contributed by atoms with E-state index in [1.165, 1.54) is 30.3 Å². The number of carbonyl (C=O) groups is 1. The predicted octanol–water partition coefficient (Wildman–Crippen LogP) is -0.829. The number of hydrogen-bond acceptors (Lipinski definition) is 7. The number of aliphatic carboxylic acids is 1. The Morgan fingerprint density at radius 1 is 1.03 bits per heavy atom. The molecule has 0 radical (unpaired) electrons. The van der Waals surface area contributed by atoms with Crippen molar-refractivity contribution in [1.82, 2.24) is 5.32 Å². The summed E-state index contributed by atoms with van der Waals surface area (Å²) < 4.78 is 30.9. The maximum atomic E-state index is 13.0. The summed E-state index contributed by atoms with van der Waals surface area (Å²) >= 11 is 5.95. The fourth-order valence-corrected chi connectivity index (χ4v) is 4.69. The molecule has 0 aliphatic carbocycles. The zero-order chi connectivity index (χ0) is 23.8. The third kappa shape index (κ3) is 8.09. The van der Waals surface area contributed by atoms with Crippen molar-refractivity contribution < 1.29 is 57.7 Å². The van der Waals surface area contributed by atoms with E-state index in [4.69, 9.17) is 16.3 Å². The van der Waals surface area contributed by atoms with Crippen LogP contribution in [-0.4, -0.2) is 39.2 Å². The summed E-state index contributed by atoms with van der Waals surface area (Å²) in [7, 11) is -3.75. The predicted molar refractivity (Wildman–Crippen MR) is 122 cm³/mol. The molecule has 3 aromatic rings. The van der Waals surface area contributed by atoms with Crippen LogP contribution in [-0.2, 0) is 21.1 Å². The van der Waals surface area contributed by atoms with Gasteiger partial charge in [-0.1, -0.05) is 35.9 Å². The number of aliphatic hydroxyl groups excluding tert-OH is 1. The van der Waals surface area contributed by atoms with Crippen molar-refractivity contribution in [1.29, 1.82) is 0 Å². The Hall–Kier alpha value is -1.91. The van der Waals surface area contributed by atoms with Gasteiger partial charge in [0.2, 0.25) is 9.84 Å². The average molecular weight is 512 g/mol. The monoisotopic (exact) mass is 511 g/mol. The van der Waals surface area contributed by atoms with Crippen LogP contribution in [0.3, 0.4) is 0 Å². The molecule has 0 fully saturated rings. The van der Waals surface area contributed by atoms with Gasteiger partial charge in [-0.15, -0.1) is 0 Å². The van der Waals surface area contributed by atoms with E-state index in [1.807, 2.05) is 6.07 Å². The molecule has 1 atom stereocenters. The molecule has 10 heteroatoms. The zero-order valence-electron chi connectivity index (χ0n) is 18.6. The Kier molecular flexibility index (Phi) is 11.0. The smallest absolute Gasteiger partial charge is 0.546 e. The number of benzene rings is 3. The summed E-state index contributed by atoms with van der Waals surface area (Å²) in [5, 5.41) is 24.4. The van der Waals surface area contributed by atoms with E-state index in [-0.39, 0.29) is 45.1 Å². The molecule has 34 heavy (non-hydrogen) atoms. The van der Waals surface area contributed by atoms with Crippen molar-refractivity contribution in [2.75, 3.05) is 19.7 Å². The van der Waals surface area contributed by atoms with Crippen molar-refractivity contribution in [2.45, 2.75) is 22.3 Å². The molecule has 0 aromatic heterocycles. The molecule has 0 unspecified atom stereocenters. The van der Waals surface area contributed by atoms with E-state index >= 15 is 0 Å². The molecule has 0 aliphatic heterocycles. The Morgan fingerprint density at radius 2 is 1.74 bits per heavy atom. The molecule has 7 nitrogen and oxygen atoms in total. The first kappa shape index (κ1) is 28.3. The first-order valence-electron chi connectivity index (χ1n) is 10.2. The second-order valence-corrected chi connectivity index (χ2v) is 9.69. The number of carbonyl (C=O) groups excluding carboxylic acids is 1. The SMILES string of the molecule is O=C([O-])COc1ccc(S(=O)(=O)c2cccc(CCNC[C@H](O)c3cccc(Cl)c3)c2)cc1.[Na+]. The number of aliphatic hydroxyl groups is 1. The first-order valence-corrected chi connectivity index (χ1v) is 12.0. The van der Waals surface area contributed by atoms with Gasteiger partial charge in [0.1, 0.15) is 12.4 Å². The van der Waals surface area contributed by atoms with Crippen molar-refractivity contribution in [2.24, 2.45) is 0 Å². The molecular weight excluding hydrogens is 489 g/mol. The average Bonchev–Trinajstić information content (AvgIpc) is 2.81. The number of carboxylic acids is 1. The van der Waals surface area contributed by atoms with E-state index in [0.29, 0.717) is 24.5 Å². The number of nitrogens with one attached hydrogen (secondary N) is 1. The van der Waals surface area contributed by atoms with Crippen LogP contribution in [0.1, 0.15) is 17.2 Å². The number of ether oxygens (including phenoxy) is 1. The van der Waals surface area contributed by atoms with Crippen molar-refractivity contribution >= 4 is 27.4 Å². The number of hydrogen-bond donors (Lipinski definition) is 2. The van der Waals surface area contributed by atoms with Crippen LogP contribution in [0, 0.1) is 0 Å². The number of rotatable bonds is 11. The summed E-state index contributed by atoms with van der Waals surface area (Å²) in [6.07, 6.45) is -0.129. The van der Waals surface area contributed by atoms with Gasteiger partial charge in [-0.2, -0.15) is 0 Å². The second-order valence-electron chi connectivity index (χ2n) is 7.31. The van der Waals surface area contributed by atoms with E-state index in [9.17, 15) is 23.4 Å². The summed E-state index contributed by atoms with van der Waals surface area (Å²) in [5.74, 6) is -1.13. The molecule has 0 saturated carbocycles. The molecule has 0 saturated heterocycles. The Morgan fingerprint density at radius 3 is 2.41 bits per heavy atom. The van der Waals surface area contributed by atoms with Crippen LogP contribution in [0.15, 0.2) is 82.6 Å². The molecule has 0 bridgehead atoms. The number of halogens is 1. The molecule has 0 spiro atoms. The van der Waals surface area contributed by atoms with Gasteiger partial charge in [-0.25, -0.2) is 8.42 Å². The van der Waals surface area contributed by atoms with Gasteiger partial charge in [0.25, 0.3) is 0 Å². The Bertz CT molecular complexity index is 1200. The van der Waals surface area contributed by atoms with Crippen molar-refractivity contribution in [3.63, 3.8) is 0 Å². The fourth-order valence-electron chi connectivity index (χ4n) is 3.16. The van der Waals surface area contributed by atoms with Gasteiger partial charge in [0, 0.05) is 11.6 Å². The Labute approximate surface area is 225 Å². The third-order valence-electron chi connectivity index (χ3n) is 4.86. The van der Waals surface area contributed by atoms with Crippen LogP contribution in [0.5, 0.6) is 5.75 Å². The van der Waals surface area contributed by atoms with E-state index in [1.54, 1.807) is 36.4 Å². The summed E-state index contributed by atoms with van der Waals surface area (Å²) in [5.41, 5.74) is 1.55. The topological polar surface area (TPSA) is 116 Å². The van der Waals surface area contributed by atoms with Crippen LogP contribution >= 0.6 is 11.6 Å². The molecule has 2 N–H and O–H groups in total. The molecule has 174 valence electrons. The van der Waals surface area contributed by atoms with Gasteiger partial charge in [-0.05, 0) is 72.6 Å². The first-order chi connectivity index (χ1) is 15.8. The maximum absolute atomic E-state index is 13.0. The number of carboxylic acid groups (broad SMARTS) is 1. The van der Waals surface area contributed by atoms with Gasteiger partial charge < -0.3 is 25.1 Å². The van der Waals surface area contributed by atoms with Gasteiger partial charge >= 0.3 is 29.6 Å². The molecule has 0 heterocycles. The van der Waals surface area contributed by atoms with Crippen LogP contribution in [0.4, 0.5) is 0 Å². The van der Waals surface area contributed by atoms with Crippen LogP contribution in [0.2, 0.25) is 5.02 Å². The van der Waals surface area contributed by atoms with E-state index < -0.39 is 28.5 Å². The zero-order valence-corrected chi connectivity index (χ0v) is 22.2. The standard InChI is InChI=1S/C24H24ClNO6S.Na/c25-19-5-2-4-18(14-19)23(27)15-26-12-11-17-3-1-6-22(13-17)33(30,31)21-9-7-20(8-10-21)32-16-24(28)29;/h1-10,13-14,23,26-27H,11-12,15-16H2,(H,28,29);/q;+1/p-1/t23-;/m0./s1. The van der Waals surface area contributed by atoms with E-state index in [0.717, 1.165) is 11.1 Å². The molecule has 0 aliphatic rings. The third-order valence-corrected chi connectivity index (χ3v) is 6.86. The molecule has 3 rings (SSSR count). The van der Waals surface area contributed by atoms with Crippen LogP contribution < -0.4 is 44.7 Å². The minimum absolute atomic E-state index is 0. The largest absolute Gasteiger partial charge is 1.00 e. The molecular formula is C24H23ClNNaO6S. The summed E-state index contributed by atoms with van der Waals surface area (Å²) in [4.78, 5) is 10.7.